The normalized spacial score (nSPS) is 27.4. The third-order valence-electron chi connectivity index (χ3n) is 11.2. The van der Waals surface area contributed by atoms with Gasteiger partial charge in [-0.1, -0.05) is 6.07 Å². The van der Waals surface area contributed by atoms with Crippen LogP contribution in [0.25, 0.3) is 0 Å². The Morgan fingerprint density at radius 2 is 1.79 bits per heavy atom. The van der Waals surface area contributed by atoms with Crippen LogP contribution in [0.5, 0.6) is 40.2 Å². The van der Waals surface area contributed by atoms with Crippen molar-refractivity contribution in [1.29, 1.82) is 0 Å². The first-order valence-electron chi connectivity index (χ1n) is 17.5. The van der Waals surface area contributed by atoms with Crippen molar-refractivity contribution in [3.63, 3.8) is 0 Å². The second-order valence-electron chi connectivity index (χ2n) is 14.3. The van der Waals surface area contributed by atoms with Crippen molar-refractivity contribution < 1.29 is 53.3 Å². The van der Waals surface area contributed by atoms with Gasteiger partial charge in [0.25, 0.3) is 0 Å². The van der Waals surface area contributed by atoms with Gasteiger partial charge in [0, 0.05) is 54.1 Å². The zero-order valence-corrected chi connectivity index (χ0v) is 31.2. The summed E-state index contributed by atoms with van der Waals surface area (Å²) in [6.45, 7) is 5.35. The highest BCUT2D eigenvalue weighted by Crippen LogP contribution is 2.64. The van der Waals surface area contributed by atoms with Gasteiger partial charge >= 0.3 is 11.9 Å². The van der Waals surface area contributed by atoms with E-state index in [-0.39, 0.29) is 49.2 Å². The number of aromatic hydroxyl groups is 2. The minimum Gasteiger partial charge on any atom is -0.504 e. The summed E-state index contributed by atoms with van der Waals surface area (Å²) >= 11 is 1.58. The standard InChI is InChI=1S/C38H43N3O11S/c1-17-9-21-12-38(46)14-40(4)29(26(21)31(44)32(17)48-6)30-36-28-27(35-34(50-16-51-35)18(2)33(28)52-19(3)42)23(41(30)38)13-49-37(45)22-11-25(47-5)24(43)10-20(22)7-8-39-15-53-36/h9-11,23,29-30,36,39,43-44,46H,7-8,12-16H2,1-6H3/t23-,29+,30+,36+,38?/m0/s1. The number of piperazine rings is 1. The van der Waals surface area contributed by atoms with Crippen molar-refractivity contribution in [2.75, 3.05) is 53.6 Å². The Hall–Kier alpha value is -4.41. The van der Waals surface area contributed by atoms with E-state index >= 15 is 0 Å². The van der Waals surface area contributed by atoms with Crippen LogP contribution in [-0.4, -0.2) is 102 Å². The highest BCUT2D eigenvalue weighted by Gasteiger charge is 2.62. The maximum Gasteiger partial charge on any atom is 0.338 e. The molecule has 0 aliphatic carbocycles. The summed E-state index contributed by atoms with van der Waals surface area (Å²) < 4.78 is 35.6. The molecule has 4 bridgehead atoms. The molecule has 1 fully saturated rings. The Labute approximate surface area is 310 Å². The fourth-order valence-electron chi connectivity index (χ4n) is 9.22. The minimum absolute atomic E-state index is 0.00591. The van der Waals surface area contributed by atoms with Crippen molar-refractivity contribution in [3.8, 4) is 40.2 Å². The van der Waals surface area contributed by atoms with Crippen LogP contribution in [0.15, 0.2) is 18.2 Å². The van der Waals surface area contributed by atoms with E-state index in [0.29, 0.717) is 69.7 Å². The molecule has 6 atom stereocenters. The minimum atomic E-state index is -1.54. The molecule has 3 aromatic carbocycles. The van der Waals surface area contributed by atoms with E-state index in [1.54, 1.807) is 11.8 Å². The van der Waals surface area contributed by atoms with Crippen LogP contribution in [0.2, 0.25) is 0 Å². The van der Waals surface area contributed by atoms with E-state index in [9.17, 15) is 24.9 Å². The number of thioether (sulfide) groups is 1. The number of fused-ring (bicyclic) bond motifs is 8. The maximum absolute atomic E-state index is 14.1. The van der Waals surface area contributed by atoms with Crippen molar-refractivity contribution in [2.45, 2.75) is 62.7 Å². The number of methoxy groups -OCH3 is 2. The number of esters is 2. The molecule has 282 valence electrons. The summed E-state index contributed by atoms with van der Waals surface area (Å²) in [7, 11) is 4.86. The molecular formula is C38H43N3O11S. The van der Waals surface area contributed by atoms with Gasteiger partial charge in [0.05, 0.1) is 37.1 Å². The highest BCUT2D eigenvalue weighted by atomic mass is 32.2. The van der Waals surface area contributed by atoms with Gasteiger partial charge in [-0.05, 0) is 62.7 Å². The molecule has 0 spiro atoms. The molecule has 7 heterocycles. The van der Waals surface area contributed by atoms with Gasteiger partial charge in [-0.3, -0.25) is 14.6 Å². The number of benzene rings is 3. The molecule has 0 aromatic heterocycles. The van der Waals surface area contributed by atoms with Crippen LogP contribution in [0.4, 0.5) is 0 Å². The van der Waals surface area contributed by atoms with E-state index in [4.69, 9.17) is 28.4 Å². The maximum atomic E-state index is 14.1. The summed E-state index contributed by atoms with van der Waals surface area (Å²) in [5.74, 6) is 0.820. The number of hydrogen-bond donors (Lipinski definition) is 4. The number of nitrogens with zero attached hydrogens (tertiary/aromatic N) is 2. The number of likely N-dealkylation sites (N-methyl/N-ethyl adjacent to an activating group) is 1. The van der Waals surface area contributed by atoms with Crippen LogP contribution in [0.1, 0.15) is 73.6 Å². The first-order valence-corrected chi connectivity index (χ1v) is 18.6. The average Bonchev–Trinajstić information content (AvgIpc) is 3.52. The molecule has 0 saturated carbocycles. The number of phenols is 2. The van der Waals surface area contributed by atoms with Crippen molar-refractivity contribution in [1.82, 2.24) is 15.1 Å². The Balaban J connectivity index is 1.40. The Kier molecular flexibility index (Phi) is 8.84. The molecule has 4 N–H and O–H groups in total. The number of hydrogen-bond acceptors (Lipinski definition) is 15. The number of aryl methyl sites for hydroxylation is 1. The second kappa shape index (κ2) is 13.2. The van der Waals surface area contributed by atoms with Crippen LogP contribution < -0.4 is 29.0 Å². The van der Waals surface area contributed by atoms with Gasteiger partial charge in [0.1, 0.15) is 18.1 Å². The number of phenolic OH excluding ortho intramolecular Hbond substituents is 2. The SMILES string of the molecule is COc1cc2c(cc1O)CCNCS[C@@H]1c3c(OC(C)=O)c(C)c4c(c3[C@H](COC2=O)N2[C@@H]1[C@H]1c3c(cc(C)c(OC)c3O)CC2(O)CN1C)OCO4. The molecule has 53 heavy (non-hydrogen) atoms. The lowest BCUT2D eigenvalue weighted by Gasteiger charge is -2.60. The van der Waals surface area contributed by atoms with Gasteiger partial charge in [0.15, 0.2) is 34.5 Å². The molecule has 1 saturated heterocycles. The quantitative estimate of drug-likeness (QED) is 0.225. The molecule has 10 rings (SSSR count). The predicted octanol–water partition coefficient (Wildman–Crippen LogP) is 3.78. The van der Waals surface area contributed by atoms with E-state index in [2.05, 4.69) is 10.2 Å². The average molecular weight is 750 g/mol. The molecule has 15 heteroatoms. The number of carbonyl (C=O) groups is 2. The van der Waals surface area contributed by atoms with E-state index in [0.717, 1.165) is 11.1 Å². The zero-order chi connectivity index (χ0) is 37.5. The lowest BCUT2D eigenvalue weighted by atomic mass is 9.78. The van der Waals surface area contributed by atoms with Gasteiger partial charge in [0.2, 0.25) is 6.79 Å². The summed E-state index contributed by atoms with van der Waals surface area (Å²) in [5.41, 5.74) is 3.27. The number of aliphatic hydroxyl groups is 1. The summed E-state index contributed by atoms with van der Waals surface area (Å²) in [4.78, 5) is 31.0. The topological polar surface area (TPSA) is 169 Å². The molecule has 0 amide bonds. The van der Waals surface area contributed by atoms with Crippen LogP contribution in [0.3, 0.4) is 0 Å². The predicted molar refractivity (Wildman–Crippen MR) is 192 cm³/mol. The molecule has 14 nitrogen and oxygen atoms in total. The van der Waals surface area contributed by atoms with Crippen LogP contribution in [0, 0.1) is 13.8 Å². The Morgan fingerprint density at radius 3 is 2.53 bits per heavy atom. The smallest absolute Gasteiger partial charge is 0.338 e. The summed E-state index contributed by atoms with van der Waals surface area (Å²) in [6, 6.07) is 3.06. The fourth-order valence-corrected chi connectivity index (χ4v) is 10.5. The summed E-state index contributed by atoms with van der Waals surface area (Å²) in [6.07, 6.45) is 0.555. The fraction of sp³-hybridized carbons (Fsp3) is 0.474. The summed E-state index contributed by atoms with van der Waals surface area (Å²) in [5, 5.41) is 38.7. The van der Waals surface area contributed by atoms with E-state index in [1.807, 2.05) is 31.9 Å². The van der Waals surface area contributed by atoms with Gasteiger partial charge < -0.3 is 49.1 Å². The number of rotatable bonds is 3. The molecule has 3 aromatic rings. The zero-order valence-electron chi connectivity index (χ0n) is 30.4. The van der Waals surface area contributed by atoms with Gasteiger partial charge in [-0.2, -0.15) is 0 Å². The third kappa shape index (κ3) is 5.46. The molecule has 7 aliphatic rings. The molecular weight excluding hydrogens is 706 g/mol. The monoisotopic (exact) mass is 749 g/mol. The van der Waals surface area contributed by atoms with Crippen LogP contribution in [-0.2, 0) is 22.4 Å². The van der Waals surface area contributed by atoms with Crippen molar-refractivity contribution in [3.05, 3.63) is 62.7 Å². The van der Waals surface area contributed by atoms with Crippen molar-refractivity contribution >= 4 is 23.7 Å². The second-order valence-corrected chi connectivity index (χ2v) is 15.4. The first-order chi connectivity index (χ1) is 25.4. The largest absolute Gasteiger partial charge is 0.504 e. The van der Waals surface area contributed by atoms with E-state index < -0.39 is 41.0 Å². The lowest BCUT2D eigenvalue weighted by Crippen LogP contribution is -2.69. The van der Waals surface area contributed by atoms with Gasteiger partial charge in [-0.15, -0.1) is 11.8 Å². The number of carbonyl (C=O) groups excluding carboxylic acids is 2. The first kappa shape index (κ1) is 35.6. The Morgan fingerprint density at radius 1 is 1.02 bits per heavy atom. The van der Waals surface area contributed by atoms with Crippen molar-refractivity contribution in [2.24, 2.45) is 0 Å². The number of ether oxygens (including phenoxy) is 6. The molecule has 0 radical (unpaired) electrons. The van der Waals surface area contributed by atoms with Gasteiger partial charge in [-0.25, -0.2) is 4.79 Å². The van der Waals surface area contributed by atoms with E-state index in [1.165, 1.54) is 33.3 Å². The lowest BCUT2D eigenvalue weighted by molar-refractivity contribution is -0.211. The van der Waals surface area contributed by atoms with Crippen LogP contribution >= 0.6 is 11.8 Å². The Bertz CT molecular complexity index is 2040. The number of nitrogens with one attached hydrogen (secondary N) is 1. The third-order valence-corrected chi connectivity index (χ3v) is 12.4. The molecule has 7 aliphatic heterocycles. The molecule has 2 unspecified atom stereocenters. The highest BCUT2D eigenvalue weighted by molar-refractivity contribution is 7.99.